The minimum atomic E-state index is -0.285. The highest BCUT2D eigenvalue weighted by Gasteiger charge is 2.29. The molecule has 1 saturated heterocycles. The Morgan fingerprint density at radius 1 is 0.973 bits per heavy atom. The number of aromatic nitrogens is 2. The number of halogens is 1. The molecule has 0 atom stereocenters. The highest BCUT2D eigenvalue weighted by atomic mass is 19.1. The summed E-state index contributed by atoms with van der Waals surface area (Å²) in [6.07, 6.45) is 13.8. The van der Waals surface area contributed by atoms with Gasteiger partial charge < -0.3 is 20.6 Å². The Hall–Kier alpha value is -2.74. The van der Waals surface area contributed by atoms with Crippen LogP contribution in [0.4, 0.5) is 21.8 Å². The Kier molecular flexibility index (Phi) is 8.54. The number of carbonyl (C=O) groups is 1. The van der Waals surface area contributed by atoms with Crippen molar-refractivity contribution in [2.45, 2.75) is 95.1 Å². The summed E-state index contributed by atoms with van der Waals surface area (Å²) in [4.78, 5) is 24.4. The molecule has 1 aromatic heterocycles. The van der Waals surface area contributed by atoms with Gasteiger partial charge in [-0.1, -0.05) is 19.3 Å². The summed E-state index contributed by atoms with van der Waals surface area (Å²) < 4.78 is 13.3. The summed E-state index contributed by atoms with van der Waals surface area (Å²) in [5, 5.41) is 16.8. The molecule has 0 unspecified atom stereocenters. The predicted octanol–water partition coefficient (Wildman–Crippen LogP) is 5.75. The lowest BCUT2D eigenvalue weighted by Gasteiger charge is -2.34. The third kappa shape index (κ3) is 6.98. The number of hydrogen-bond donors (Lipinski definition) is 3. The van der Waals surface area contributed by atoms with E-state index in [-0.39, 0.29) is 23.9 Å². The van der Waals surface area contributed by atoms with E-state index in [0.29, 0.717) is 24.2 Å². The third-order valence-corrected chi connectivity index (χ3v) is 8.43. The number of nitrogens with one attached hydrogen (secondary N) is 2. The number of nitrogens with zero attached hydrogens (tertiary/aromatic N) is 3. The number of likely N-dealkylation sites (tertiary alicyclic amines) is 1. The van der Waals surface area contributed by atoms with Gasteiger partial charge in [-0.25, -0.2) is 9.37 Å². The topological polar surface area (TPSA) is 90.4 Å². The van der Waals surface area contributed by atoms with E-state index in [0.717, 1.165) is 68.7 Å². The van der Waals surface area contributed by atoms with Crippen LogP contribution in [0.25, 0.3) is 0 Å². The average molecular weight is 510 g/mol. The maximum absolute atomic E-state index is 13.3. The van der Waals surface area contributed by atoms with Crippen LogP contribution in [0.2, 0.25) is 0 Å². The summed E-state index contributed by atoms with van der Waals surface area (Å²) in [5.74, 6) is 2.18. The van der Waals surface area contributed by atoms with Crippen molar-refractivity contribution < 1.29 is 14.3 Å². The van der Waals surface area contributed by atoms with Gasteiger partial charge in [-0.05, 0) is 87.5 Å². The molecule has 200 valence electrons. The number of piperidine rings is 1. The van der Waals surface area contributed by atoms with Crippen LogP contribution in [0.5, 0.6) is 0 Å². The van der Waals surface area contributed by atoms with E-state index in [4.69, 9.17) is 4.98 Å². The van der Waals surface area contributed by atoms with E-state index < -0.39 is 0 Å². The number of rotatable bonds is 7. The van der Waals surface area contributed by atoms with Gasteiger partial charge in [-0.15, -0.1) is 0 Å². The monoisotopic (exact) mass is 509 g/mol. The van der Waals surface area contributed by atoms with Crippen molar-refractivity contribution >= 4 is 23.4 Å². The first-order valence-electron chi connectivity index (χ1n) is 14.2. The van der Waals surface area contributed by atoms with Crippen LogP contribution >= 0.6 is 0 Å². The molecule has 2 aromatic rings. The number of aliphatic hydroxyl groups excluding tert-OH is 1. The third-order valence-electron chi connectivity index (χ3n) is 8.43. The van der Waals surface area contributed by atoms with Crippen molar-refractivity contribution in [1.82, 2.24) is 14.9 Å². The zero-order valence-corrected chi connectivity index (χ0v) is 21.7. The number of hydrogen-bond acceptors (Lipinski definition) is 6. The molecule has 1 aromatic carbocycles. The molecule has 3 fully saturated rings. The molecule has 0 bridgehead atoms. The van der Waals surface area contributed by atoms with Crippen molar-refractivity contribution in [3.63, 3.8) is 0 Å². The van der Waals surface area contributed by atoms with Crippen molar-refractivity contribution in [3.8, 4) is 0 Å². The van der Waals surface area contributed by atoms with Gasteiger partial charge in [-0.2, -0.15) is 4.98 Å². The molecular formula is C29H40FN5O2. The van der Waals surface area contributed by atoms with Crippen LogP contribution in [-0.4, -0.2) is 51.1 Å². The molecule has 3 N–H and O–H groups in total. The molecule has 3 aliphatic rings. The smallest absolute Gasteiger partial charge is 0.229 e. The number of benzene rings is 1. The fourth-order valence-electron chi connectivity index (χ4n) is 6.15. The lowest BCUT2D eigenvalue weighted by molar-refractivity contribution is -0.133. The van der Waals surface area contributed by atoms with Gasteiger partial charge in [0.1, 0.15) is 11.6 Å². The first-order chi connectivity index (χ1) is 18.0. The van der Waals surface area contributed by atoms with Crippen LogP contribution in [0, 0.1) is 11.7 Å². The first kappa shape index (κ1) is 25.9. The van der Waals surface area contributed by atoms with E-state index >= 15 is 0 Å². The number of carbonyl (C=O) groups excluding carboxylic acids is 1. The van der Waals surface area contributed by atoms with E-state index in [1.165, 1.54) is 44.2 Å². The molecule has 2 heterocycles. The molecule has 37 heavy (non-hydrogen) atoms. The molecule has 2 aliphatic carbocycles. The molecule has 1 amide bonds. The second kappa shape index (κ2) is 12.2. The Morgan fingerprint density at radius 3 is 2.38 bits per heavy atom. The molecule has 0 radical (unpaired) electrons. The fraction of sp³-hybridized carbons (Fsp3) is 0.621. The van der Waals surface area contributed by atoms with E-state index in [1.54, 1.807) is 12.1 Å². The van der Waals surface area contributed by atoms with Gasteiger partial charge in [-0.3, -0.25) is 4.79 Å². The molecular weight excluding hydrogens is 469 g/mol. The van der Waals surface area contributed by atoms with Gasteiger partial charge in [0.05, 0.1) is 6.10 Å². The van der Waals surface area contributed by atoms with Crippen molar-refractivity contribution in [1.29, 1.82) is 0 Å². The highest BCUT2D eigenvalue weighted by molar-refractivity contribution is 5.76. The van der Waals surface area contributed by atoms with E-state index in [9.17, 15) is 14.3 Å². The second-order valence-corrected chi connectivity index (χ2v) is 11.1. The SMILES string of the molecule is O=C(CC1CCCCC1)N1CCC(c2cnc(Nc3ccc(F)cc3)nc2NC2CCC(O)CC2)CC1. The molecule has 7 nitrogen and oxygen atoms in total. The Bertz CT molecular complexity index is 1030. The van der Waals surface area contributed by atoms with Gasteiger partial charge in [0.15, 0.2) is 0 Å². The lowest BCUT2D eigenvalue weighted by Crippen LogP contribution is -2.39. The Balaban J connectivity index is 1.26. The molecule has 2 saturated carbocycles. The molecule has 0 spiro atoms. The normalized spacial score (nSPS) is 23.6. The van der Waals surface area contributed by atoms with Gasteiger partial charge in [0, 0.05) is 43.0 Å². The largest absolute Gasteiger partial charge is 0.393 e. The van der Waals surface area contributed by atoms with Crippen LogP contribution in [0.3, 0.4) is 0 Å². The van der Waals surface area contributed by atoms with E-state index in [2.05, 4.69) is 20.5 Å². The standard InChI is InChI=1S/C29H40FN5O2/c30-22-6-8-24(9-7-22)33-29-31-19-26(28(34-29)32-23-10-12-25(36)13-11-23)21-14-16-35(17-15-21)27(37)18-20-4-2-1-3-5-20/h6-9,19-21,23,25,36H,1-5,10-18H2,(H2,31,32,33,34). The lowest BCUT2D eigenvalue weighted by atomic mass is 9.86. The average Bonchev–Trinajstić information content (AvgIpc) is 2.92. The number of anilines is 3. The highest BCUT2D eigenvalue weighted by Crippen LogP contribution is 2.35. The zero-order chi connectivity index (χ0) is 25.6. The van der Waals surface area contributed by atoms with Crippen LogP contribution in [0.1, 0.15) is 88.5 Å². The maximum Gasteiger partial charge on any atom is 0.229 e. The quantitative estimate of drug-likeness (QED) is 0.440. The maximum atomic E-state index is 13.3. The van der Waals surface area contributed by atoms with Crippen molar-refractivity contribution in [3.05, 3.63) is 41.8 Å². The summed E-state index contributed by atoms with van der Waals surface area (Å²) in [5.41, 5.74) is 1.82. The zero-order valence-electron chi connectivity index (χ0n) is 21.7. The van der Waals surface area contributed by atoms with E-state index in [1.807, 2.05) is 6.20 Å². The van der Waals surface area contributed by atoms with Gasteiger partial charge in [0.25, 0.3) is 0 Å². The minimum Gasteiger partial charge on any atom is -0.393 e. The van der Waals surface area contributed by atoms with Crippen LogP contribution < -0.4 is 10.6 Å². The number of aliphatic hydroxyl groups is 1. The Labute approximate surface area is 219 Å². The summed E-state index contributed by atoms with van der Waals surface area (Å²) in [7, 11) is 0. The number of amides is 1. The van der Waals surface area contributed by atoms with Crippen molar-refractivity contribution in [2.75, 3.05) is 23.7 Å². The molecule has 8 heteroatoms. The summed E-state index contributed by atoms with van der Waals surface area (Å²) in [6.45, 7) is 1.56. The predicted molar refractivity (Wildman–Crippen MR) is 143 cm³/mol. The van der Waals surface area contributed by atoms with Crippen LogP contribution in [-0.2, 0) is 4.79 Å². The Morgan fingerprint density at radius 2 is 1.68 bits per heavy atom. The van der Waals surface area contributed by atoms with Crippen LogP contribution in [0.15, 0.2) is 30.5 Å². The van der Waals surface area contributed by atoms with Crippen molar-refractivity contribution in [2.24, 2.45) is 5.92 Å². The molecule has 1 aliphatic heterocycles. The second-order valence-electron chi connectivity index (χ2n) is 11.1. The fourth-order valence-corrected chi connectivity index (χ4v) is 6.15. The first-order valence-corrected chi connectivity index (χ1v) is 14.2. The molecule has 5 rings (SSSR count). The summed E-state index contributed by atoms with van der Waals surface area (Å²) >= 11 is 0. The minimum absolute atomic E-state index is 0.214. The van der Waals surface area contributed by atoms with Gasteiger partial charge >= 0.3 is 0 Å². The van der Waals surface area contributed by atoms with Gasteiger partial charge in [0.2, 0.25) is 11.9 Å². The summed E-state index contributed by atoms with van der Waals surface area (Å²) in [6, 6.07) is 6.41.